The van der Waals surface area contributed by atoms with Crippen molar-refractivity contribution in [3.63, 3.8) is 0 Å². The van der Waals surface area contributed by atoms with Crippen molar-refractivity contribution >= 4 is 52.2 Å². The molecule has 0 heterocycles. The second-order valence-electron chi connectivity index (χ2n) is 7.27. The maximum Gasteiger partial charge on any atom is 0.253 e. The molecule has 0 spiro atoms. The fourth-order valence-electron chi connectivity index (χ4n) is 3.94. The fraction of sp³-hybridized carbons (Fsp3) is 0.0357. The van der Waals surface area contributed by atoms with Crippen molar-refractivity contribution in [3.05, 3.63) is 107 Å². The number of hydrogen-bond donors (Lipinski definition) is 1. The van der Waals surface area contributed by atoms with Crippen molar-refractivity contribution in [2.45, 2.75) is 0 Å². The Morgan fingerprint density at radius 2 is 1.44 bits per heavy atom. The lowest BCUT2D eigenvalue weighted by Crippen LogP contribution is -2.22. The Morgan fingerprint density at radius 1 is 0.844 bits per heavy atom. The molecule has 4 aromatic rings. The highest BCUT2D eigenvalue weighted by molar-refractivity contribution is 6.15. The molecule has 4 aromatic carbocycles. The summed E-state index contributed by atoms with van der Waals surface area (Å²) in [6.45, 7) is 3.72. The van der Waals surface area contributed by atoms with Gasteiger partial charge in [-0.3, -0.25) is 14.6 Å². The van der Waals surface area contributed by atoms with E-state index in [1.54, 1.807) is 6.08 Å². The Morgan fingerprint density at radius 3 is 2.09 bits per heavy atom. The third-order valence-corrected chi connectivity index (χ3v) is 5.44. The third kappa shape index (κ3) is 3.86. The summed E-state index contributed by atoms with van der Waals surface area (Å²) in [6, 6.07) is 27.4. The number of likely N-dealkylation sites (N-methyl/N-ethyl adjacent to an activating group) is 1. The molecule has 4 rings (SSSR count). The quantitative estimate of drug-likeness (QED) is 0.196. The van der Waals surface area contributed by atoms with Crippen LogP contribution >= 0.6 is 0 Å². The van der Waals surface area contributed by atoms with Crippen LogP contribution in [0, 0.1) is 0 Å². The Labute approximate surface area is 186 Å². The molecule has 0 fully saturated rings. The number of hydrogen-bond acceptors (Lipinski definition) is 3. The Balaban J connectivity index is 2.02. The minimum absolute atomic E-state index is 0.182. The number of carbonyl (C=O) groups excluding carboxylic acids is 2. The third-order valence-electron chi connectivity index (χ3n) is 5.44. The first kappa shape index (κ1) is 20.9. The van der Waals surface area contributed by atoms with Crippen LogP contribution in [-0.4, -0.2) is 26.0 Å². The number of rotatable bonds is 6. The fourth-order valence-corrected chi connectivity index (χ4v) is 3.94. The summed E-state index contributed by atoms with van der Waals surface area (Å²) >= 11 is 0. The predicted octanol–water partition coefficient (Wildman–Crippen LogP) is 5.43. The van der Waals surface area contributed by atoms with Crippen molar-refractivity contribution in [1.82, 2.24) is 5.32 Å². The van der Waals surface area contributed by atoms with E-state index in [1.165, 1.54) is 7.05 Å². The number of amides is 1. The van der Waals surface area contributed by atoms with Gasteiger partial charge in [0.2, 0.25) is 0 Å². The second kappa shape index (κ2) is 9.23. The Hall–Kier alpha value is -4.31. The zero-order chi connectivity index (χ0) is 22.5. The molecule has 1 N–H and O–H groups in total. The molecule has 4 heteroatoms. The molecule has 0 unspecified atom stereocenters. The van der Waals surface area contributed by atoms with Gasteiger partial charge in [-0.2, -0.15) is 0 Å². The van der Waals surface area contributed by atoms with Crippen molar-refractivity contribution < 1.29 is 9.59 Å². The summed E-state index contributed by atoms with van der Waals surface area (Å²) < 4.78 is 0. The standard InChI is InChI=1S/C28H22N2O2/c1-29-27(25-16-8-12-20-10-4-6-15-24(20)25)26(28(32)30-2)22(18-31)17-21-13-7-11-19-9-3-5-14-23(19)21/h3-18H,1H2,2H3,(H,30,32)/b22-17+,27-26+. The van der Waals surface area contributed by atoms with Gasteiger partial charge < -0.3 is 5.32 Å². The van der Waals surface area contributed by atoms with E-state index in [4.69, 9.17) is 0 Å². The van der Waals surface area contributed by atoms with Crippen LogP contribution < -0.4 is 5.32 Å². The van der Waals surface area contributed by atoms with Crippen LogP contribution in [0.25, 0.3) is 33.3 Å². The molecular formula is C28H22N2O2. The van der Waals surface area contributed by atoms with Crippen molar-refractivity contribution in [1.29, 1.82) is 0 Å². The van der Waals surface area contributed by atoms with Gasteiger partial charge in [0.15, 0.2) is 6.29 Å². The van der Waals surface area contributed by atoms with Crippen LogP contribution in [0.3, 0.4) is 0 Å². The topological polar surface area (TPSA) is 58.5 Å². The molecule has 0 aliphatic heterocycles. The van der Waals surface area contributed by atoms with Gasteiger partial charge in [0.25, 0.3) is 5.91 Å². The molecule has 4 nitrogen and oxygen atoms in total. The summed E-state index contributed by atoms with van der Waals surface area (Å²) in [4.78, 5) is 29.5. The lowest BCUT2D eigenvalue weighted by atomic mass is 9.93. The summed E-state index contributed by atoms with van der Waals surface area (Å²) in [7, 11) is 1.53. The highest BCUT2D eigenvalue weighted by Crippen LogP contribution is 2.32. The van der Waals surface area contributed by atoms with Crippen LogP contribution in [0.4, 0.5) is 0 Å². The molecule has 0 aromatic heterocycles. The average molecular weight is 418 g/mol. The minimum atomic E-state index is -0.404. The van der Waals surface area contributed by atoms with Crippen LogP contribution in [0.15, 0.2) is 101 Å². The van der Waals surface area contributed by atoms with Crippen molar-refractivity contribution in [2.75, 3.05) is 7.05 Å². The monoisotopic (exact) mass is 418 g/mol. The van der Waals surface area contributed by atoms with E-state index in [0.717, 1.165) is 32.7 Å². The van der Waals surface area contributed by atoms with Gasteiger partial charge >= 0.3 is 0 Å². The maximum absolute atomic E-state index is 13.0. The number of benzene rings is 4. The zero-order valence-corrected chi connectivity index (χ0v) is 17.7. The van der Waals surface area contributed by atoms with Crippen LogP contribution in [0.1, 0.15) is 11.1 Å². The Kier molecular flexibility index (Phi) is 6.04. The smallest absolute Gasteiger partial charge is 0.253 e. The van der Waals surface area contributed by atoms with E-state index in [-0.39, 0.29) is 11.1 Å². The van der Waals surface area contributed by atoms with E-state index in [1.807, 2.05) is 84.9 Å². The summed E-state index contributed by atoms with van der Waals surface area (Å²) in [5.74, 6) is -0.404. The van der Waals surface area contributed by atoms with Gasteiger partial charge in [0, 0.05) is 18.2 Å². The van der Waals surface area contributed by atoms with Crippen LogP contribution in [0.5, 0.6) is 0 Å². The van der Waals surface area contributed by atoms with Gasteiger partial charge in [-0.05, 0) is 39.9 Å². The van der Waals surface area contributed by atoms with E-state index < -0.39 is 5.91 Å². The van der Waals surface area contributed by atoms with Gasteiger partial charge in [-0.15, -0.1) is 0 Å². The van der Waals surface area contributed by atoms with Crippen molar-refractivity contribution in [2.24, 2.45) is 4.99 Å². The maximum atomic E-state index is 13.0. The Bertz CT molecular complexity index is 1400. The highest BCUT2D eigenvalue weighted by Gasteiger charge is 2.21. The second-order valence-corrected chi connectivity index (χ2v) is 7.27. The SMILES string of the molecule is C=N/C(=C(C(=O)NC)\C(C=O)=C\c1cccc2ccccc12)c1cccc2ccccc12. The molecule has 32 heavy (non-hydrogen) atoms. The number of aldehydes is 1. The van der Waals surface area contributed by atoms with Crippen molar-refractivity contribution in [3.8, 4) is 0 Å². The molecule has 0 radical (unpaired) electrons. The normalized spacial score (nSPS) is 12.3. The zero-order valence-electron chi connectivity index (χ0n) is 17.7. The lowest BCUT2D eigenvalue weighted by Gasteiger charge is -2.14. The largest absolute Gasteiger partial charge is 0.355 e. The first-order valence-corrected chi connectivity index (χ1v) is 10.2. The van der Waals surface area contributed by atoms with Gasteiger partial charge in [-0.1, -0.05) is 84.9 Å². The first-order valence-electron chi connectivity index (χ1n) is 10.2. The molecule has 0 saturated heterocycles. The van der Waals surface area contributed by atoms with Gasteiger partial charge in [0.1, 0.15) is 0 Å². The number of aliphatic imine (C=N–C) groups is 1. The summed E-state index contributed by atoms with van der Waals surface area (Å²) in [5, 5.41) is 6.62. The average Bonchev–Trinajstić information content (AvgIpc) is 2.85. The van der Waals surface area contributed by atoms with Gasteiger partial charge in [-0.25, -0.2) is 0 Å². The number of fused-ring (bicyclic) bond motifs is 2. The highest BCUT2D eigenvalue weighted by atomic mass is 16.1. The molecule has 1 amide bonds. The first-order chi connectivity index (χ1) is 15.7. The van der Waals surface area contributed by atoms with E-state index >= 15 is 0 Å². The summed E-state index contributed by atoms with van der Waals surface area (Å²) in [5.41, 5.74) is 2.35. The van der Waals surface area contributed by atoms with Gasteiger partial charge in [0.05, 0.1) is 11.3 Å². The van der Waals surface area contributed by atoms with E-state index in [9.17, 15) is 9.59 Å². The predicted molar refractivity (Wildman–Crippen MR) is 132 cm³/mol. The minimum Gasteiger partial charge on any atom is -0.355 e. The number of nitrogens with one attached hydrogen (secondary N) is 1. The summed E-state index contributed by atoms with van der Waals surface area (Å²) in [6.07, 6.45) is 2.43. The molecule has 156 valence electrons. The molecule has 0 saturated carbocycles. The van der Waals surface area contributed by atoms with Crippen LogP contribution in [0.2, 0.25) is 0 Å². The molecular weight excluding hydrogens is 396 g/mol. The number of nitrogens with zero attached hydrogens (tertiary/aromatic N) is 1. The van der Waals surface area contributed by atoms with Crippen LogP contribution in [-0.2, 0) is 9.59 Å². The molecule has 0 bridgehead atoms. The van der Waals surface area contributed by atoms with E-state index in [2.05, 4.69) is 17.0 Å². The molecule has 0 atom stereocenters. The molecule has 0 aliphatic carbocycles. The van der Waals surface area contributed by atoms with E-state index in [0.29, 0.717) is 12.0 Å². The number of carbonyl (C=O) groups is 2. The molecule has 0 aliphatic rings. The lowest BCUT2D eigenvalue weighted by molar-refractivity contribution is -0.117.